The van der Waals surface area contributed by atoms with Crippen LogP contribution in [0.4, 0.5) is 0 Å². The van der Waals surface area contributed by atoms with E-state index in [1.807, 2.05) is 0 Å². The minimum Gasteiger partial charge on any atom is -0.480 e. The molecule has 1 N–H and O–H groups in total. The summed E-state index contributed by atoms with van der Waals surface area (Å²) in [5, 5.41) is 8.27. The molecule has 3 heteroatoms. The Kier molecular flexibility index (Phi) is 6.76. The fourth-order valence-corrected chi connectivity index (χ4v) is 1.11. The summed E-state index contributed by atoms with van der Waals surface area (Å²) in [7, 11) is 0. The molecule has 0 aromatic rings. The number of ether oxygens (including phenoxy) is 1. The molecule has 72 valence electrons. The van der Waals surface area contributed by atoms with E-state index in [2.05, 4.69) is 13.8 Å². The second-order valence-electron chi connectivity index (χ2n) is 2.92. The van der Waals surface area contributed by atoms with Gasteiger partial charge in [-0.15, -0.1) is 0 Å². The molecule has 0 saturated carbocycles. The lowest BCUT2D eigenvalue weighted by atomic mass is 10.0. The molecule has 3 nitrogen and oxygen atoms in total. The summed E-state index contributed by atoms with van der Waals surface area (Å²) < 4.78 is 4.93. The molecular formula is C9H18O3. The van der Waals surface area contributed by atoms with Crippen LogP contribution in [0, 0.1) is 5.92 Å². The third kappa shape index (κ3) is 6.16. The number of carbonyl (C=O) groups is 1. The van der Waals surface area contributed by atoms with Crippen molar-refractivity contribution in [1.82, 2.24) is 0 Å². The van der Waals surface area contributed by atoms with Gasteiger partial charge in [-0.05, 0) is 12.3 Å². The zero-order chi connectivity index (χ0) is 9.40. The summed E-state index contributed by atoms with van der Waals surface area (Å²) in [6, 6.07) is 0. The number of aliphatic carboxylic acids is 1. The molecule has 0 aliphatic carbocycles. The van der Waals surface area contributed by atoms with Gasteiger partial charge in [0.1, 0.15) is 6.61 Å². The van der Waals surface area contributed by atoms with Crippen molar-refractivity contribution in [2.75, 3.05) is 13.2 Å². The molecule has 0 aliphatic rings. The fraction of sp³-hybridized carbons (Fsp3) is 0.889. The van der Waals surface area contributed by atoms with E-state index in [4.69, 9.17) is 9.84 Å². The quantitative estimate of drug-likeness (QED) is 0.600. The third-order valence-electron chi connectivity index (χ3n) is 2.05. The highest BCUT2D eigenvalue weighted by atomic mass is 16.5. The molecule has 0 saturated heterocycles. The Morgan fingerprint density at radius 1 is 1.42 bits per heavy atom. The molecule has 0 aromatic heterocycles. The van der Waals surface area contributed by atoms with Gasteiger partial charge < -0.3 is 9.84 Å². The average Bonchev–Trinajstić information content (AvgIpc) is 2.04. The van der Waals surface area contributed by atoms with Crippen molar-refractivity contribution in [3.63, 3.8) is 0 Å². The molecule has 0 radical (unpaired) electrons. The monoisotopic (exact) mass is 174 g/mol. The molecule has 0 rings (SSSR count). The molecular weight excluding hydrogens is 156 g/mol. The van der Waals surface area contributed by atoms with Crippen molar-refractivity contribution < 1.29 is 14.6 Å². The first kappa shape index (κ1) is 11.4. The summed E-state index contributed by atoms with van der Waals surface area (Å²) in [5.74, 6) is -0.210. The van der Waals surface area contributed by atoms with Gasteiger partial charge in [0, 0.05) is 6.61 Å². The Balaban J connectivity index is 3.23. The normalized spacial score (nSPS) is 10.6. The van der Waals surface area contributed by atoms with E-state index < -0.39 is 5.97 Å². The molecule has 0 heterocycles. The van der Waals surface area contributed by atoms with Crippen LogP contribution in [-0.2, 0) is 9.53 Å². The van der Waals surface area contributed by atoms with Crippen molar-refractivity contribution in [3.8, 4) is 0 Å². The molecule has 0 bridgehead atoms. The van der Waals surface area contributed by atoms with Gasteiger partial charge in [0.15, 0.2) is 0 Å². The fourth-order valence-electron chi connectivity index (χ4n) is 1.11. The van der Waals surface area contributed by atoms with E-state index in [-0.39, 0.29) is 6.61 Å². The Morgan fingerprint density at radius 3 is 2.42 bits per heavy atom. The van der Waals surface area contributed by atoms with Gasteiger partial charge in [-0.1, -0.05) is 26.7 Å². The lowest BCUT2D eigenvalue weighted by molar-refractivity contribution is -0.142. The summed E-state index contributed by atoms with van der Waals surface area (Å²) in [6.45, 7) is 4.69. The summed E-state index contributed by atoms with van der Waals surface area (Å²) in [5.41, 5.74) is 0. The predicted molar refractivity (Wildman–Crippen MR) is 47.1 cm³/mol. The van der Waals surface area contributed by atoms with Gasteiger partial charge in [0.2, 0.25) is 0 Å². The first-order valence-corrected chi connectivity index (χ1v) is 4.50. The van der Waals surface area contributed by atoms with Crippen LogP contribution in [-0.4, -0.2) is 24.3 Å². The zero-order valence-electron chi connectivity index (χ0n) is 7.88. The highest BCUT2D eigenvalue weighted by molar-refractivity contribution is 5.67. The predicted octanol–water partition coefficient (Wildman–Crippen LogP) is 1.91. The number of rotatable bonds is 7. The summed E-state index contributed by atoms with van der Waals surface area (Å²) in [4.78, 5) is 10.1. The largest absolute Gasteiger partial charge is 0.480 e. The number of hydrogen-bond acceptors (Lipinski definition) is 2. The van der Waals surface area contributed by atoms with E-state index in [9.17, 15) is 4.79 Å². The highest BCUT2D eigenvalue weighted by Gasteiger charge is 2.03. The van der Waals surface area contributed by atoms with Crippen LogP contribution in [0.15, 0.2) is 0 Å². The first-order valence-electron chi connectivity index (χ1n) is 4.50. The molecule has 12 heavy (non-hydrogen) atoms. The van der Waals surface area contributed by atoms with E-state index in [0.717, 1.165) is 19.3 Å². The van der Waals surface area contributed by atoms with Gasteiger partial charge in [-0.3, -0.25) is 0 Å². The van der Waals surface area contributed by atoms with E-state index in [1.165, 1.54) is 0 Å². The first-order chi connectivity index (χ1) is 5.70. The number of carboxylic acids is 1. The van der Waals surface area contributed by atoms with Crippen molar-refractivity contribution in [1.29, 1.82) is 0 Å². The average molecular weight is 174 g/mol. The van der Waals surface area contributed by atoms with Crippen LogP contribution in [0.5, 0.6) is 0 Å². The molecule has 0 unspecified atom stereocenters. The smallest absolute Gasteiger partial charge is 0.329 e. The molecule has 0 fully saturated rings. The van der Waals surface area contributed by atoms with Gasteiger partial charge in [0.25, 0.3) is 0 Å². The molecule has 0 aliphatic heterocycles. The molecule has 0 aromatic carbocycles. The number of carboxylic acid groups (broad SMARTS) is 1. The third-order valence-corrected chi connectivity index (χ3v) is 2.05. The lowest BCUT2D eigenvalue weighted by Gasteiger charge is -2.10. The minimum atomic E-state index is -0.889. The van der Waals surface area contributed by atoms with Gasteiger partial charge >= 0.3 is 5.97 Å². The highest BCUT2D eigenvalue weighted by Crippen LogP contribution is 2.11. The van der Waals surface area contributed by atoms with Crippen LogP contribution >= 0.6 is 0 Å². The van der Waals surface area contributed by atoms with E-state index >= 15 is 0 Å². The topological polar surface area (TPSA) is 46.5 Å². The maximum Gasteiger partial charge on any atom is 0.329 e. The van der Waals surface area contributed by atoms with Crippen LogP contribution in [0.2, 0.25) is 0 Å². The van der Waals surface area contributed by atoms with Crippen LogP contribution in [0.3, 0.4) is 0 Å². The summed E-state index contributed by atoms with van der Waals surface area (Å²) in [6.07, 6.45) is 3.26. The Morgan fingerprint density at radius 2 is 2.00 bits per heavy atom. The molecule has 0 amide bonds. The van der Waals surface area contributed by atoms with Crippen molar-refractivity contribution in [2.24, 2.45) is 5.92 Å². The van der Waals surface area contributed by atoms with Crippen molar-refractivity contribution in [3.05, 3.63) is 0 Å². The van der Waals surface area contributed by atoms with Gasteiger partial charge in [-0.25, -0.2) is 4.79 Å². The van der Waals surface area contributed by atoms with Gasteiger partial charge in [-0.2, -0.15) is 0 Å². The van der Waals surface area contributed by atoms with Crippen molar-refractivity contribution in [2.45, 2.75) is 33.1 Å². The Hall–Kier alpha value is -0.570. The maximum atomic E-state index is 10.1. The maximum absolute atomic E-state index is 10.1. The Bertz CT molecular complexity index is 119. The van der Waals surface area contributed by atoms with Crippen LogP contribution in [0.1, 0.15) is 33.1 Å². The standard InChI is InChI=1S/C9H18O3/c1-3-8(4-2)5-6-12-7-9(10)11/h8H,3-7H2,1-2H3,(H,10,11). The SMILES string of the molecule is CCC(CC)CCOCC(=O)O. The Labute approximate surface area is 73.7 Å². The minimum absolute atomic E-state index is 0.167. The van der Waals surface area contributed by atoms with Gasteiger partial charge in [0.05, 0.1) is 0 Å². The van der Waals surface area contributed by atoms with E-state index in [1.54, 1.807) is 0 Å². The van der Waals surface area contributed by atoms with Crippen molar-refractivity contribution >= 4 is 5.97 Å². The van der Waals surface area contributed by atoms with Crippen LogP contribution < -0.4 is 0 Å². The second kappa shape index (κ2) is 7.10. The number of hydrogen-bond donors (Lipinski definition) is 1. The zero-order valence-corrected chi connectivity index (χ0v) is 7.88. The summed E-state index contributed by atoms with van der Waals surface area (Å²) >= 11 is 0. The molecule has 0 spiro atoms. The lowest BCUT2D eigenvalue weighted by Crippen LogP contribution is -2.10. The van der Waals surface area contributed by atoms with E-state index in [0.29, 0.717) is 12.5 Å². The van der Waals surface area contributed by atoms with Crippen LogP contribution in [0.25, 0.3) is 0 Å². The second-order valence-corrected chi connectivity index (χ2v) is 2.92. The molecule has 0 atom stereocenters.